The Kier molecular flexibility index (Phi) is 11.1. The summed E-state index contributed by atoms with van der Waals surface area (Å²) in [5.41, 5.74) is 1.24. The van der Waals surface area contributed by atoms with E-state index in [1.807, 2.05) is 17.8 Å². The van der Waals surface area contributed by atoms with Gasteiger partial charge >= 0.3 is 0 Å². The Hall–Kier alpha value is -0.510. The van der Waals surface area contributed by atoms with Crippen molar-refractivity contribution < 1.29 is 9.47 Å². The number of nitrogens with one attached hydrogen (secondary N) is 1. The maximum absolute atomic E-state index is 5.98. The Morgan fingerprint density at radius 2 is 2.07 bits per heavy atom. The van der Waals surface area contributed by atoms with E-state index in [0.717, 1.165) is 64.8 Å². The molecule has 1 aromatic carbocycles. The number of nitrogens with zero attached hydrogens (tertiary/aromatic N) is 2. The van der Waals surface area contributed by atoms with Crippen LogP contribution < -0.4 is 5.32 Å². The van der Waals surface area contributed by atoms with Gasteiger partial charge in [0.1, 0.15) is 0 Å². The molecule has 1 N–H and O–H groups in total. The van der Waals surface area contributed by atoms with Crippen LogP contribution in [0.3, 0.4) is 0 Å². The van der Waals surface area contributed by atoms with Crippen molar-refractivity contribution >= 4 is 41.7 Å². The first-order chi connectivity index (χ1) is 13.7. The van der Waals surface area contributed by atoms with E-state index in [4.69, 9.17) is 14.5 Å². The normalized spacial score (nSPS) is 21.7. The van der Waals surface area contributed by atoms with Crippen molar-refractivity contribution in [1.82, 2.24) is 10.2 Å². The first-order valence-corrected chi connectivity index (χ1v) is 11.7. The number of likely N-dealkylation sites (tertiary alicyclic amines) is 1. The number of thioether (sulfide) groups is 1. The topological polar surface area (TPSA) is 46.1 Å². The zero-order valence-electron chi connectivity index (χ0n) is 17.8. The van der Waals surface area contributed by atoms with E-state index in [1.165, 1.54) is 12.0 Å². The fourth-order valence-electron chi connectivity index (χ4n) is 3.89. The lowest BCUT2D eigenvalue weighted by atomic mass is 9.99. The molecule has 29 heavy (non-hydrogen) atoms. The summed E-state index contributed by atoms with van der Waals surface area (Å²) in [5.74, 6) is 1.64. The number of rotatable bonds is 8. The maximum Gasteiger partial charge on any atom is 0.193 e. The minimum atomic E-state index is 0. The van der Waals surface area contributed by atoms with Gasteiger partial charge < -0.3 is 19.7 Å². The fraction of sp³-hybridized carbons (Fsp3) is 0.682. The number of ether oxygens (including phenoxy) is 2. The van der Waals surface area contributed by atoms with E-state index in [-0.39, 0.29) is 28.7 Å². The molecule has 3 rings (SSSR count). The summed E-state index contributed by atoms with van der Waals surface area (Å²) in [6, 6.07) is 10.4. The zero-order valence-corrected chi connectivity index (χ0v) is 20.9. The van der Waals surface area contributed by atoms with Gasteiger partial charge in [0.15, 0.2) is 5.96 Å². The molecular weight excluding hydrogens is 497 g/mol. The van der Waals surface area contributed by atoms with E-state index in [1.54, 1.807) is 0 Å². The van der Waals surface area contributed by atoms with Crippen molar-refractivity contribution in [3.05, 3.63) is 35.9 Å². The molecule has 0 spiro atoms. The largest absolute Gasteiger partial charge is 0.381 e. The Morgan fingerprint density at radius 3 is 2.76 bits per heavy atom. The van der Waals surface area contributed by atoms with Crippen molar-refractivity contribution in [3.63, 3.8) is 0 Å². The van der Waals surface area contributed by atoms with E-state index < -0.39 is 0 Å². The van der Waals surface area contributed by atoms with E-state index >= 15 is 0 Å². The van der Waals surface area contributed by atoms with Gasteiger partial charge in [-0.3, -0.25) is 4.99 Å². The van der Waals surface area contributed by atoms with Gasteiger partial charge in [0.25, 0.3) is 0 Å². The summed E-state index contributed by atoms with van der Waals surface area (Å²) in [6.07, 6.45) is 5.56. The SMILES string of the molecule is CCNC(=NCC1(SC)CCOCC1)N1CCC(COCc2ccccc2)C1.I. The third-order valence-electron chi connectivity index (χ3n) is 5.74. The van der Waals surface area contributed by atoms with Crippen molar-refractivity contribution in [2.75, 3.05) is 52.3 Å². The molecule has 2 fully saturated rings. The molecule has 2 aliphatic rings. The van der Waals surface area contributed by atoms with Gasteiger partial charge in [0.05, 0.1) is 19.8 Å². The first kappa shape index (κ1) is 24.8. The highest BCUT2D eigenvalue weighted by molar-refractivity contribution is 14.0. The molecule has 0 bridgehead atoms. The molecule has 5 nitrogen and oxygen atoms in total. The van der Waals surface area contributed by atoms with E-state index in [2.05, 4.69) is 47.7 Å². The molecule has 0 amide bonds. The standard InChI is InChI=1S/C22H35N3O2S.HI/c1-3-23-21(24-18-22(28-2)10-13-26-14-11-22)25-12-9-20(15-25)17-27-16-19-7-5-4-6-8-19;/h4-8,20H,3,9-18H2,1-2H3,(H,23,24);1H. The smallest absolute Gasteiger partial charge is 0.193 e. The molecule has 0 aliphatic carbocycles. The van der Waals surface area contributed by atoms with Crippen LogP contribution in [0.15, 0.2) is 35.3 Å². The van der Waals surface area contributed by atoms with E-state index in [0.29, 0.717) is 12.5 Å². The predicted octanol–water partition coefficient (Wildman–Crippen LogP) is 4.02. The van der Waals surface area contributed by atoms with Crippen molar-refractivity contribution in [3.8, 4) is 0 Å². The van der Waals surface area contributed by atoms with Crippen LogP contribution in [0.25, 0.3) is 0 Å². The molecule has 0 radical (unpaired) electrons. The van der Waals surface area contributed by atoms with Gasteiger partial charge in [-0.05, 0) is 38.0 Å². The highest BCUT2D eigenvalue weighted by Crippen LogP contribution is 2.34. The number of guanidine groups is 1. The minimum Gasteiger partial charge on any atom is -0.381 e. The Bertz CT molecular complexity index is 611. The second-order valence-electron chi connectivity index (χ2n) is 7.77. The monoisotopic (exact) mass is 533 g/mol. The third-order valence-corrected chi connectivity index (χ3v) is 7.14. The first-order valence-electron chi connectivity index (χ1n) is 10.5. The maximum atomic E-state index is 5.98. The summed E-state index contributed by atoms with van der Waals surface area (Å²) >= 11 is 1.95. The van der Waals surface area contributed by atoms with Crippen LogP contribution in [0.5, 0.6) is 0 Å². The summed E-state index contributed by atoms with van der Waals surface area (Å²) in [5, 5.41) is 3.50. The predicted molar refractivity (Wildman–Crippen MR) is 133 cm³/mol. The average molecular weight is 534 g/mol. The number of hydrogen-bond acceptors (Lipinski definition) is 4. The Morgan fingerprint density at radius 1 is 1.31 bits per heavy atom. The quantitative estimate of drug-likeness (QED) is 0.311. The van der Waals surface area contributed by atoms with Crippen LogP contribution in [0, 0.1) is 5.92 Å². The van der Waals surface area contributed by atoms with Crippen LogP contribution in [0.4, 0.5) is 0 Å². The average Bonchev–Trinajstić information content (AvgIpc) is 3.21. The lowest BCUT2D eigenvalue weighted by Crippen LogP contribution is -2.42. The summed E-state index contributed by atoms with van der Waals surface area (Å²) in [6.45, 7) is 9.22. The van der Waals surface area contributed by atoms with Crippen LogP contribution in [-0.4, -0.2) is 67.9 Å². The van der Waals surface area contributed by atoms with Crippen LogP contribution >= 0.6 is 35.7 Å². The van der Waals surface area contributed by atoms with E-state index in [9.17, 15) is 0 Å². The number of benzene rings is 1. The number of halogens is 1. The second-order valence-corrected chi connectivity index (χ2v) is 9.05. The Labute approximate surface area is 197 Å². The molecule has 164 valence electrons. The number of hydrogen-bond donors (Lipinski definition) is 1. The van der Waals surface area contributed by atoms with Gasteiger partial charge in [0, 0.05) is 43.5 Å². The fourth-order valence-corrected chi connectivity index (χ4v) is 4.66. The second kappa shape index (κ2) is 13.0. The van der Waals surface area contributed by atoms with Gasteiger partial charge in [0.2, 0.25) is 0 Å². The molecule has 1 unspecified atom stereocenters. The van der Waals surface area contributed by atoms with Crippen molar-refractivity contribution in [2.24, 2.45) is 10.9 Å². The van der Waals surface area contributed by atoms with Gasteiger partial charge in [-0.1, -0.05) is 30.3 Å². The van der Waals surface area contributed by atoms with Gasteiger partial charge in [-0.25, -0.2) is 0 Å². The molecule has 2 saturated heterocycles. The van der Waals surface area contributed by atoms with Crippen LogP contribution in [0.2, 0.25) is 0 Å². The van der Waals surface area contributed by atoms with Crippen LogP contribution in [-0.2, 0) is 16.1 Å². The third kappa shape index (κ3) is 7.60. The minimum absolute atomic E-state index is 0. The lowest BCUT2D eigenvalue weighted by molar-refractivity contribution is 0.0793. The molecule has 0 aromatic heterocycles. The van der Waals surface area contributed by atoms with Gasteiger partial charge in [-0.2, -0.15) is 11.8 Å². The van der Waals surface area contributed by atoms with Crippen molar-refractivity contribution in [2.45, 2.75) is 37.5 Å². The summed E-state index contributed by atoms with van der Waals surface area (Å²) in [7, 11) is 0. The molecular formula is C22H36IN3O2S. The summed E-state index contributed by atoms with van der Waals surface area (Å²) in [4.78, 5) is 7.45. The molecule has 0 saturated carbocycles. The van der Waals surface area contributed by atoms with Crippen LogP contribution in [0.1, 0.15) is 31.7 Å². The molecule has 7 heteroatoms. The highest BCUT2D eigenvalue weighted by Gasteiger charge is 2.32. The Balaban J connectivity index is 0.00000300. The molecule has 1 aromatic rings. The zero-order chi connectivity index (χ0) is 19.7. The number of aliphatic imine (C=N–C) groups is 1. The molecule has 2 aliphatic heterocycles. The molecule has 1 atom stereocenters. The summed E-state index contributed by atoms with van der Waals surface area (Å²) < 4.78 is 11.8. The lowest BCUT2D eigenvalue weighted by Gasteiger charge is -2.34. The van der Waals surface area contributed by atoms with Gasteiger partial charge in [-0.15, -0.1) is 24.0 Å². The highest BCUT2D eigenvalue weighted by atomic mass is 127. The molecule has 2 heterocycles. The van der Waals surface area contributed by atoms with Crippen molar-refractivity contribution in [1.29, 1.82) is 0 Å².